The van der Waals surface area contributed by atoms with Gasteiger partial charge in [0.2, 0.25) is 0 Å². The Bertz CT molecular complexity index is 1280. The van der Waals surface area contributed by atoms with Gasteiger partial charge >= 0.3 is 12.0 Å². The maximum Gasteiger partial charge on any atom is 0.337 e. The predicted octanol–water partition coefficient (Wildman–Crippen LogP) is 3.22. The number of nitrogens with one attached hydrogen (secondary N) is 3. The summed E-state index contributed by atoms with van der Waals surface area (Å²) in [6, 6.07) is 7.48. The van der Waals surface area contributed by atoms with Crippen LogP contribution in [0.1, 0.15) is 37.9 Å². The quantitative estimate of drug-likeness (QED) is 0.0831. The molecule has 0 unspecified atom stereocenters. The number of rotatable bonds is 13. The lowest BCUT2D eigenvalue weighted by molar-refractivity contribution is -0.136. The van der Waals surface area contributed by atoms with E-state index in [4.69, 9.17) is 23.7 Å². The van der Waals surface area contributed by atoms with Crippen molar-refractivity contribution in [1.82, 2.24) is 16.1 Å². The molecule has 0 fully saturated rings. The van der Waals surface area contributed by atoms with Crippen LogP contribution in [0, 0.1) is 3.57 Å². The Kier molecular flexibility index (Phi) is 11.3. The van der Waals surface area contributed by atoms with Gasteiger partial charge < -0.3 is 39.4 Å². The summed E-state index contributed by atoms with van der Waals surface area (Å²) < 4.78 is 28.3. The van der Waals surface area contributed by atoms with Crippen molar-refractivity contribution in [3.63, 3.8) is 0 Å². The number of halogens is 1. The van der Waals surface area contributed by atoms with Crippen LogP contribution in [0.3, 0.4) is 0 Å². The number of aliphatic hydroxyl groups excluding tert-OH is 1. The van der Waals surface area contributed by atoms with E-state index >= 15 is 0 Å². The fourth-order valence-electron chi connectivity index (χ4n) is 3.92. The summed E-state index contributed by atoms with van der Waals surface area (Å²) in [5, 5.41) is 19.8. The van der Waals surface area contributed by atoms with E-state index in [1.165, 1.54) is 7.11 Å². The average molecular weight is 668 g/mol. The van der Waals surface area contributed by atoms with Crippen LogP contribution in [0.15, 0.2) is 46.7 Å². The molecule has 2 aromatic rings. The highest BCUT2D eigenvalue weighted by Gasteiger charge is 2.32. The first-order valence-electron chi connectivity index (χ1n) is 12.4. The van der Waals surface area contributed by atoms with Crippen LogP contribution >= 0.6 is 22.6 Å². The zero-order chi connectivity index (χ0) is 29.2. The Balaban J connectivity index is 1.69. The van der Waals surface area contributed by atoms with Crippen LogP contribution in [0.5, 0.6) is 23.0 Å². The van der Waals surface area contributed by atoms with Gasteiger partial charge in [-0.15, -0.1) is 0 Å². The van der Waals surface area contributed by atoms with Gasteiger partial charge in [-0.05, 0) is 78.8 Å². The van der Waals surface area contributed by atoms with Crippen LogP contribution in [0.2, 0.25) is 0 Å². The van der Waals surface area contributed by atoms with Crippen molar-refractivity contribution in [2.24, 2.45) is 5.10 Å². The van der Waals surface area contributed by atoms with Crippen LogP contribution in [-0.4, -0.2) is 63.6 Å². The van der Waals surface area contributed by atoms with Crippen LogP contribution in [-0.2, 0) is 9.53 Å². The minimum absolute atomic E-state index is 0.141. The lowest BCUT2D eigenvalue weighted by atomic mass is 9.95. The Labute approximate surface area is 246 Å². The zero-order valence-corrected chi connectivity index (χ0v) is 25.0. The molecule has 0 bridgehead atoms. The molecule has 12 nitrogen and oxygen atoms in total. The number of carbonyl (C=O) groups excluding carboxylic acids is 2. The number of amides is 2. The highest BCUT2D eigenvalue weighted by Crippen LogP contribution is 2.35. The number of hydrogen-bond acceptors (Lipinski definition) is 10. The van der Waals surface area contributed by atoms with Crippen molar-refractivity contribution in [1.29, 1.82) is 0 Å². The molecule has 1 aliphatic heterocycles. The van der Waals surface area contributed by atoms with Crippen molar-refractivity contribution in [3.05, 3.63) is 56.3 Å². The fraction of sp³-hybridized carbons (Fsp3) is 0.370. The predicted molar refractivity (Wildman–Crippen MR) is 156 cm³/mol. The lowest BCUT2D eigenvalue weighted by Crippen LogP contribution is -2.45. The van der Waals surface area contributed by atoms with E-state index in [0.717, 1.165) is 9.13 Å². The number of hydrogen-bond donors (Lipinski definition) is 4. The number of nitrogens with zero attached hydrogens (tertiary/aromatic N) is 1. The molecule has 3 rings (SSSR count). The molecular formula is C27H33IN4O8. The number of allylic oxidation sites excluding steroid dienone is 1. The molecule has 2 aromatic carbocycles. The average Bonchev–Trinajstić information content (AvgIpc) is 2.93. The van der Waals surface area contributed by atoms with E-state index in [1.807, 2.05) is 19.9 Å². The minimum Gasteiger partial charge on any atom is -0.493 e. The normalized spacial score (nSPS) is 15.7. The van der Waals surface area contributed by atoms with Crippen molar-refractivity contribution >= 4 is 40.8 Å². The van der Waals surface area contributed by atoms with Gasteiger partial charge in [-0.2, -0.15) is 5.10 Å². The highest BCUT2D eigenvalue weighted by molar-refractivity contribution is 14.1. The second kappa shape index (κ2) is 14.6. The van der Waals surface area contributed by atoms with Crippen LogP contribution in [0.4, 0.5) is 4.79 Å². The molecular weight excluding hydrogens is 635 g/mol. The van der Waals surface area contributed by atoms with E-state index in [-0.39, 0.29) is 12.2 Å². The molecule has 1 aliphatic rings. The summed E-state index contributed by atoms with van der Waals surface area (Å²) in [4.78, 5) is 24.5. The van der Waals surface area contributed by atoms with Gasteiger partial charge in [0, 0.05) is 5.70 Å². The summed E-state index contributed by atoms with van der Waals surface area (Å²) in [6.45, 7) is 6.06. The topological polar surface area (TPSA) is 149 Å². The first-order chi connectivity index (χ1) is 19.2. The molecule has 13 heteroatoms. The number of urea groups is 1. The molecule has 4 N–H and O–H groups in total. The largest absolute Gasteiger partial charge is 0.493 e. The molecule has 0 spiro atoms. The van der Waals surface area contributed by atoms with Gasteiger partial charge in [0.25, 0.3) is 0 Å². The van der Waals surface area contributed by atoms with Crippen molar-refractivity contribution in [3.8, 4) is 23.0 Å². The molecule has 216 valence electrons. The summed E-state index contributed by atoms with van der Waals surface area (Å²) in [7, 11) is 2.84. The molecule has 0 aliphatic carbocycles. The second-order valence-corrected chi connectivity index (χ2v) is 9.54. The molecule has 1 heterocycles. The molecule has 2 amide bonds. The standard InChI is InChI=1S/C27H33IN4O8/c1-6-38-20-12-17(24-23(26(34)37-5)15(3)30-27(35)31-24)8-9-19(20)40-14-22(33)32-29-13-16-10-18(28)25(39-7-2)21(11-16)36-4/h8-13,22,24,32-33H,6-7,14H2,1-5H3,(H2,30,31,35)/b29-13+/t22-,24+/m1/s1. The van der Waals surface area contributed by atoms with E-state index in [9.17, 15) is 14.7 Å². The molecule has 0 saturated carbocycles. The molecule has 0 radical (unpaired) electrons. The third-order valence-corrected chi connectivity index (χ3v) is 6.45. The van der Waals surface area contributed by atoms with Crippen LogP contribution < -0.4 is 35.0 Å². The number of ether oxygens (including phenoxy) is 5. The summed E-state index contributed by atoms with van der Waals surface area (Å²) in [5.74, 6) is 1.42. The van der Waals surface area contributed by atoms with E-state index in [0.29, 0.717) is 47.5 Å². The summed E-state index contributed by atoms with van der Waals surface area (Å²) in [6.07, 6.45) is 0.417. The van der Waals surface area contributed by atoms with E-state index in [2.05, 4.69) is 43.8 Å². The number of benzene rings is 2. The zero-order valence-electron chi connectivity index (χ0n) is 22.9. The third-order valence-electron chi connectivity index (χ3n) is 5.65. The van der Waals surface area contributed by atoms with Crippen molar-refractivity contribution in [2.75, 3.05) is 34.0 Å². The highest BCUT2D eigenvalue weighted by atomic mass is 127. The first kappa shape index (κ1) is 30.8. The number of hydrazone groups is 1. The maximum absolute atomic E-state index is 12.4. The van der Waals surface area contributed by atoms with Gasteiger partial charge in [-0.3, -0.25) is 5.43 Å². The number of methoxy groups -OCH3 is 2. The maximum atomic E-state index is 12.4. The molecule has 0 saturated heterocycles. The summed E-state index contributed by atoms with van der Waals surface area (Å²) in [5.41, 5.74) is 4.63. The first-order valence-corrected chi connectivity index (χ1v) is 13.5. The lowest BCUT2D eigenvalue weighted by Gasteiger charge is -2.28. The van der Waals surface area contributed by atoms with Gasteiger partial charge in [-0.1, -0.05) is 6.07 Å². The van der Waals surface area contributed by atoms with E-state index in [1.54, 1.807) is 44.5 Å². The molecule has 40 heavy (non-hydrogen) atoms. The monoisotopic (exact) mass is 668 g/mol. The van der Waals surface area contributed by atoms with E-state index < -0.39 is 24.3 Å². The van der Waals surface area contributed by atoms with Crippen LogP contribution in [0.25, 0.3) is 0 Å². The third kappa shape index (κ3) is 7.69. The van der Waals surface area contributed by atoms with Gasteiger partial charge in [0.05, 0.1) is 48.8 Å². The number of carbonyl (C=O) groups is 2. The Morgan fingerprint density at radius 3 is 2.55 bits per heavy atom. The summed E-state index contributed by atoms with van der Waals surface area (Å²) >= 11 is 2.16. The molecule has 0 aromatic heterocycles. The minimum atomic E-state index is -1.13. The van der Waals surface area contributed by atoms with Crippen molar-refractivity contribution in [2.45, 2.75) is 33.0 Å². The second-order valence-electron chi connectivity index (χ2n) is 8.38. The van der Waals surface area contributed by atoms with Gasteiger partial charge in [0.15, 0.2) is 29.2 Å². The Morgan fingerprint density at radius 2 is 1.88 bits per heavy atom. The Morgan fingerprint density at radius 1 is 1.12 bits per heavy atom. The Hall–Kier alpha value is -3.72. The van der Waals surface area contributed by atoms with Gasteiger partial charge in [0.1, 0.15) is 6.61 Å². The fourth-order valence-corrected chi connectivity index (χ4v) is 4.70. The number of esters is 1. The molecule has 2 atom stereocenters. The number of aliphatic hydroxyl groups is 1. The van der Waals surface area contributed by atoms with Gasteiger partial charge in [-0.25, -0.2) is 9.59 Å². The SMILES string of the molecule is CCOc1cc([C@@H]2NC(=O)NC(C)=C2C(=O)OC)ccc1OC[C@@H](O)N/N=C/c1cc(I)c(OCC)c(OC)c1. The smallest absolute Gasteiger partial charge is 0.337 e. The van der Waals surface area contributed by atoms with Crippen molar-refractivity contribution < 1.29 is 38.4 Å².